The summed E-state index contributed by atoms with van der Waals surface area (Å²) in [6, 6.07) is 28.7. The molecule has 0 spiro atoms. The molecule has 1 unspecified atom stereocenters. The Bertz CT molecular complexity index is 1830. The number of nitrogens with zero attached hydrogens (tertiary/aromatic N) is 1. The van der Waals surface area contributed by atoms with Crippen molar-refractivity contribution in [2.24, 2.45) is 5.41 Å². The first-order valence-electron chi connectivity index (χ1n) is 13.9. The van der Waals surface area contributed by atoms with E-state index in [2.05, 4.69) is 66.1 Å². The van der Waals surface area contributed by atoms with Crippen LogP contribution in [-0.2, 0) is 4.79 Å². The molecule has 0 fully saturated rings. The monoisotopic (exact) mass is 573 g/mol. The number of halogens is 1. The van der Waals surface area contributed by atoms with Crippen LogP contribution in [-0.4, -0.2) is 16.8 Å². The van der Waals surface area contributed by atoms with Crippen molar-refractivity contribution < 1.29 is 14.0 Å². The number of aryl methyl sites for hydroxylation is 1. The zero-order valence-electron chi connectivity index (χ0n) is 23.1. The predicted octanol–water partition coefficient (Wildman–Crippen LogP) is 8.14. The van der Waals surface area contributed by atoms with Crippen LogP contribution in [0.25, 0.3) is 11.3 Å². The molecule has 3 aliphatic carbocycles. The van der Waals surface area contributed by atoms with E-state index >= 15 is 0 Å². The van der Waals surface area contributed by atoms with Crippen molar-refractivity contribution in [2.45, 2.75) is 32.1 Å². The van der Waals surface area contributed by atoms with Crippen molar-refractivity contribution in [3.8, 4) is 11.3 Å². The van der Waals surface area contributed by atoms with Gasteiger partial charge in [0.2, 0.25) is 5.91 Å². The normalized spacial score (nSPS) is 20.0. The Morgan fingerprint density at radius 3 is 2.26 bits per heavy atom. The number of nitrogens with one attached hydrogen (secondary N) is 2. The van der Waals surface area contributed by atoms with Crippen molar-refractivity contribution in [3.05, 3.63) is 136 Å². The fourth-order valence-corrected chi connectivity index (χ4v) is 7.30. The van der Waals surface area contributed by atoms with Gasteiger partial charge in [-0.2, -0.15) is 0 Å². The Labute approximate surface area is 247 Å². The van der Waals surface area contributed by atoms with Crippen LogP contribution in [0.5, 0.6) is 0 Å². The molecule has 0 aliphatic heterocycles. The standard InChI is InChI=1S/C35H28FN3O2S/c1-20-14-15-23(17-29(20)36)37-32(40)22-9-7-8-21(16-22)30-19-42-34(38-30)39-33(41)35(2)18-28-24-10-3-5-12-26(24)31(35)27-13-6-4-11-25(27)28/h3-17,19,28,31H,18H2,1-2H3,(H,37,40)(H,38,39,41). The molecule has 0 saturated carbocycles. The van der Waals surface area contributed by atoms with Gasteiger partial charge < -0.3 is 10.6 Å². The van der Waals surface area contributed by atoms with Gasteiger partial charge in [0.1, 0.15) is 5.82 Å². The van der Waals surface area contributed by atoms with E-state index in [1.165, 1.54) is 39.7 Å². The van der Waals surface area contributed by atoms with Crippen LogP contribution in [0.2, 0.25) is 0 Å². The van der Waals surface area contributed by atoms with Gasteiger partial charge in [-0.1, -0.05) is 66.7 Å². The van der Waals surface area contributed by atoms with Gasteiger partial charge in [-0.05, 0) is 72.4 Å². The summed E-state index contributed by atoms with van der Waals surface area (Å²) in [7, 11) is 0. The van der Waals surface area contributed by atoms with E-state index in [9.17, 15) is 14.0 Å². The molecule has 2 amide bonds. The first-order chi connectivity index (χ1) is 20.3. The molecule has 208 valence electrons. The van der Waals surface area contributed by atoms with E-state index in [4.69, 9.17) is 4.98 Å². The van der Waals surface area contributed by atoms with E-state index in [1.807, 2.05) is 11.4 Å². The van der Waals surface area contributed by atoms with Crippen molar-refractivity contribution in [1.29, 1.82) is 0 Å². The molecule has 5 aromatic rings. The van der Waals surface area contributed by atoms with Crippen molar-refractivity contribution in [2.75, 3.05) is 10.6 Å². The van der Waals surface area contributed by atoms with Gasteiger partial charge >= 0.3 is 0 Å². The number of benzene rings is 4. The molecule has 7 heteroatoms. The first-order valence-corrected chi connectivity index (χ1v) is 14.8. The molecule has 3 aliphatic rings. The summed E-state index contributed by atoms with van der Waals surface area (Å²) in [4.78, 5) is 31.6. The number of rotatable bonds is 5. The molecular weight excluding hydrogens is 545 g/mol. The minimum Gasteiger partial charge on any atom is -0.322 e. The highest BCUT2D eigenvalue weighted by atomic mass is 32.1. The molecule has 8 rings (SSSR count). The second-order valence-electron chi connectivity index (χ2n) is 11.4. The number of hydrogen-bond donors (Lipinski definition) is 2. The van der Waals surface area contributed by atoms with E-state index in [1.54, 1.807) is 37.3 Å². The summed E-state index contributed by atoms with van der Waals surface area (Å²) in [5.74, 6) is -0.616. The minimum atomic E-state index is -0.632. The maximum atomic E-state index is 14.0. The van der Waals surface area contributed by atoms with Crippen LogP contribution in [0.4, 0.5) is 15.2 Å². The minimum absolute atomic E-state index is 0.0356. The van der Waals surface area contributed by atoms with Crippen molar-refractivity contribution >= 4 is 34.0 Å². The average Bonchev–Trinajstić information content (AvgIpc) is 3.48. The predicted molar refractivity (Wildman–Crippen MR) is 165 cm³/mol. The average molecular weight is 574 g/mol. The van der Waals surface area contributed by atoms with Crippen LogP contribution < -0.4 is 10.6 Å². The summed E-state index contributed by atoms with van der Waals surface area (Å²) in [5, 5.41) is 8.27. The molecule has 5 nitrogen and oxygen atoms in total. The van der Waals surface area contributed by atoms with E-state index in [-0.39, 0.29) is 29.5 Å². The second kappa shape index (κ2) is 10.0. The lowest BCUT2D eigenvalue weighted by molar-refractivity contribution is -0.126. The lowest BCUT2D eigenvalue weighted by Gasteiger charge is -2.50. The number of carbonyl (C=O) groups is 2. The van der Waals surface area contributed by atoms with Gasteiger partial charge in [-0.15, -0.1) is 11.3 Å². The fraction of sp³-hybridized carbons (Fsp3) is 0.171. The summed E-state index contributed by atoms with van der Waals surface area (Å²) < 4.78 is 13.9. The van der Waals surface area contributed by atoms with Crippen LogP contribution in [0.15, 0.2) is 96.4 Å². The maximum absolute atomic E-state index is 14.0. The van der Waals surface area contributed by atoms with E-state index in [0.29, 0.717) is 27.6 Å². The lowest BCUT2D eigenvalue weighted by atomic mass is 9.52. The SMILES string of the molecule is Cc1ccc(NC(=O)c2cccc(-c3csc(NC(=O)C4(C)CC5c6ccccc6C4c4ccccc45)n3)c2)cc1F. The molecule has 1 heterocycles. The van der Waals surface area contributed by atoms with Gasteiger partial charge in [-0.25, -0.2) is 9.37 Å². The fourth-order valence-electron chi connectivity index (χ4n) is 6.59. The molecule has 0 saturated heterocycles. The lowest BCUT2D eigenvalue weighted by Crippen LogP contribution is -2.47. The van der Waals surface area contributed by atoms with Crippen molar-refractivity contribution in [1.82, 2.24) is 4.98 Å². The smallest absolute Gasteiger partial charge is 0.255 e. The largest absolute Gasteiger partial charge is 0.322 e. The number of amides is 2. The van der Waals surface area contributed by atoms with Crippen LogP contribution >= 0.6 is 11.3 Å². The summed E-state index contributed by atoms with van der Waals surface area (Å²) in [6.45, 7) is 3.74. The topological polar surface area (TPSA) is 71.1 Å². The molecule has 0 radical (unpaired) electrons. The summed E-state index contributed by atoms with van der Waals surface area (Å²) in [6.07, 6.45) is 0.734. The third-order valence-corrected chi connectivity index (χ3v) is 9.48. The molecule has 4 aromatic carbocycles. The van der Waals surface area contributed by atoms with E-state index in [0.717, 1.165) is 12.0 Å². The van der Waals surface area contributed by atoms with Crippen LogP contribution in [0.3, 0.4) is 0 Å². The summed E-state index contributed by atoms with van der Waals surface area (Å²) in [5.41, 5.74) is 7.21. The summed E-state index contributed by atoms with van der Waals surface area (Å²) >= 11 is 1.36. The number of fused-ring (bicyclic) bond motifs is 1. The van der Waals surface area contributed by atoms with Gasteiger partial charge in [0.05, 0.1) is 11.1 Å². The van der Waals surface area contributed by atoms with Gasteiger partial charge in [0, 0.05) is 34.0 Å². The zero-order chi connectivity index (χ0) is 29.0. The molecular formula is C35H28FN3O2S. The maximum Gasteiger partial charge on any atom is 0.255 e. The number of anilines is 2. The Morgan fingerprint density at radius 2 is 1.57 bits per heavy atom. The number of hydrogen-bond acceptors (Lipinski definition) is 4. The highest BCUT2D eigenvalue weighted by molar-refractivity contribution is 7.14. The van der Waals surface area contributed by atoms with Gasteiger partial charge in [0.15, 0.2) is 5.13 Å². The van der Waals surface area contributed by atoms with E-state index < -0.39 is 5.41 Å². The van der Waals surface area contributed by atoms with Crippen LogP contribution in [0, 0.1) is 18.2 Å². The first kappa shape index (κ1) is 26.3. The number of aromatic nitrogens is 1. The Balaban J connectivity index is 1.12. The molecule has 2 bridgehead atoms. The quantitative estimate of drug-likeness (QED) is 0.223. The molecule has 1 aromatic heterocycles. The third-order valence-electron chi connectivity index (χ3n) is 8.72. The second-order valence-corrected chi connectivity index (χ2v) is 12.2. The van der Waals surface area contributed by atoms with Gasteiger partial charge in [0.25, 0.3) is 5.91 Å². The Morgan fingerprint density at radius 1 is 0.881 bits per heavy atom. The van der Waals surface area contributed by atoms with Crippen molar-refractivity contribution in [3.63, 3.8) is 0 Å². The molecule has 2 N–H and O–H groups in total. The number of thiazole rings is 1. The zero-order valence-corrected chi connectivity index (χ0v) is 24.0. The highest BCUT2D eigenvalue weighted by Gasteiger charge is 2.54. The Kier molecular flexibility index (Phi) is 6.28. The highest BCUT2D eigenvalue weighted by Crippen LogP contribution is 2.61. The number of carbonyl (C=O) groups excluding carboxylic acids is 2. The third kappa shape index (κ3) is 4.32. The Hall–Kier alpha value is -4.62. The van der Waals surface area contributed by atoms with Crippen LogP contribution in [0.1, 0.15) is 63.4 Å². The van der Waals surface area contributed by atoms with Gasteiger partial charge in [-0.3, -0.25) is 9.59 Å². The molecule has 1 atom stereocenters. The molecule has 42 heavy (non-hydrogen) atoms.